The molecule has 0 saturated carbocycles. The highest BCUT2D eigenvalue weighted by molar-refractivity contribution is 5.74. The maximum absolute atomic E-state index is 13.3. The minimum Gasteiger partial charge on any atom is -0.336 e. The number of nitrogens with zero attached hydrogens (tertiary/aromatic N) is 1. The molecule has 1 aliphatic rings. The summed E-state index contributed by atoms with van der Waals surface area (Å²) in [6.45, 7) is 2.80. The van der Waals surface area contributed by atoms with Gasteiger partial charge in [-0.2, -0.15) is 0 Å². The van der Waals surface area contributed by atoms with E-state index in [-0.39, 0.29) is 31.5 Å². The van der Waals surface area contributed by atoms with Crippen molar-refractivity contribution >= 4 is 6.03 Å². The SMILES string of the molecule is CCc1ccccc1C(N)CNC(=O)N1CCCC(F)(F)CC1. The second-order valence-corrected chi connectivity index (χ2v) is 6.04. The van der Waals surface area contributed by atoms with Gasteiger partial charge in [0.15, 0.2) is 0 Å². The summed E-state index contributed by atoms with van der Waals surface area (Å²) >= 11 is 0. The van der Waals surface area contributed by atoms with Gasteiger partial charge in [-0.3, -0.25) is 0 Å². The van der Waals surface area contributed by atoms with E-state index >= 15 is 0 Å². The number of carbonyl (C=O) groups is 1. The third-order valence-electron chi connectivity index (χ3n) is 4.31. The molecule has 0 radical (unpaired) electrons. The van der Waals surface area contributed by atoms with Crippen molar-refractivity contribution in [2.24, 2.45) is 5.73 Å². The number of benzene rings is 1. The molecule has 0 aliphatic carbocycles. The second kappa shape index (κ2) is 7.73. The molecule has 128 valence electrons. The molecule has 2 amide bonds. The van der Waals surface area contributed by atoms with Gasteiger partial charge < -0.3 is 16.0 Å². The van der Waals surface area contributed by atoms with Crippen LogP contribution in [-0.2, 0) is 6.42 Å². The van der Waals surface area contributed by atoms with Crippen LogP contribution in [0.3, 0.4) is 0 Å². The molecule has 2 rings (SSSR count). The van der Waals surface area contributed by atoms with E-state index in [9.17, 15) is 13.6 Å². The summed E-state index contributed by atoms with van der Waals surface area (Å²) in [6.07, 6.45) is 0.773. The predicted molar refractivity (Wildman–Crippen MR) is 86.5 cm³/mol. The van der Waals surface area contributed by atoms with E-state index in [4.69, 9.17) is 5.73 Å². The molecule has 6 heteroatoms. The average molecular weight is 325 g/mol. The fraction of sp³-hybridized carbons (Fsp3) is 0.588. The molecular weight excluding hydrogens is 300 g/mol. The zero-order chi connectivity index (χ0) is 16.9. The minimum absolute atomic E-state index is 0.0830. The third kappa shape index (κ3) is 4.89. The molecule has 0 spiro atoms. The summed E-state index contributed by atoms with van der Waals surface area (Å²) in [5.74, 6) is -2.66. The van der Waals surface area contributed by atoms with E-state index in [2.05, 4.69) is 12.2 Å². The number of nitrogens with one attached hydrogen (secondary N) is 1. The normalized spacial score (nSPS) is 19.0. The first-order chi connectivity index (χ1) is 10.9. The van der Waals surface area contributed by atoms with Crippen molar-refractivity contribution in [2.75, 3.05) is 19.6 Å². The number of alkyl halides is 2. The Kier molecular flexibility index (Phi) is 5.93. The van der Waals surface area contributed by atoms with Crippen molar-refractivity contribution in [1.82, 2.24) is 10.2 Å². The zero-order valence-electron chi connectivity index (χ0n) is 13.5. The van der Waals surface area contributed by atoms with Gasteiger partial charge in [-0.25, -0.2) is 13.6 Å². The molecule has 1 unspecified atom stereocenters. The summed E-state index contributed by atoms with van der Waals surface area (Å²) in [4.78, 5) is 13.6. The van der Waals surface area contributed by atoms with Gasteiger partial charge in [0.05, 0.1) is 0 Å². The molecule has 1 saturated heterocycles. The molecule has 23 heavy (non-hydrogen) atoms. The summed E-state index contributed by atoms with van der Waals surface area (Å²) in [7, 11) is 0. The molecule has 1 atom stereocenters. The number of rotatable bonds is 4. The Morgan fingerprint density at radius 3 is 2.83 bits per heavy atom. The van der Waals surface area contributed by atoms with Gasteiger partial charge in [0.1, 0.15) is 0 Å². The predicted octanol–water partition coefficient (Wildman–Crippen LogP) is 3.08. The van der Waals surface area contributed by atoms with Gasteiger partial charge in [0.25, 0.3) is 0 Å². The van der Waals surface area contributed by atoms with Crippen molar-refractivity contribution in [3.63, 3.8) is 0 Å². The zero-order valence-corrected chi connectivity index (χ0v) is 13.5. The molecule has 1 heterocycles. The summed E-state index contributed by atoms with van der Waals surface area (Å²) in [5, 5.41) is 2.77. The Balaban J connectivity index is 1.88. The van der Waals surface area contributed by atoms with Crippen LogP contribution >= 0.6 is 0 Å². The highest BCUT2D eigenvalue weighted by Gasteiger charge is 2.33. The van der Waals surface area contributed by atoms with Gasteiger partial charge in [-0.1, -0.05) is 31.2 Å². The van der Waals surface area contributed by atoms with Crippen LogP contribution in [-0.4, -0.2) is 36.5 Å². The van der Waals surface area contributed by atoms with E-state index < -0.39 is 5.92 Å². The van der Waals surface area contributed by atoms with Gasteiger partial charge in [-0.05, 0) is 24.0 Å². The van der Waals surface area contributed by atoms with Crippen LogP contribution in [0, 0.1) is 0 Å². The highest BCUT2D eigenvalue weighted by atomic mass is 19.3. The number of hydrogen-bond acceptors (Lipinski definition) is 2. The molecule has 1 aliphatic heterocycles. The summed E-state index contributed by atoms with van der Waals surface area (Å²) in [5.41, 5.74) is 8.34. The Morgan fingerprint density at radius 1 is 1.35 bits per heavy atom. The molecular formula is C17H25F2N3O. The van der Waals surface area contributed by atoms with Crippen molar-refractivity contribution < 1.29 is 13.6 Å². The second-order valence-electron chi connectivity index (χ2n) is 6.04. The quantitative estimate of drug-likeness (QED) is 0.894. The van der Waals surface area contributed by atoms with Crippen molar-refractivity contribution in [3.8, 4) is 0 Å². The lowest BCUT2D eigenvalue weighted by molar-refractivity contribution is -0.0122. The molecule has 1 aromatic rings. The van der Waals surface area contributed by atoms with Crippen LogP contribution in [0.1, 0.15) is 43.4 Å². The van der Waals surface area contributed by atoms with Crippen LogP contribution in [0.5, 0.6) is 0 Å². The Bertz CT molecular complexity index is 536. The van der Waals surface area contributed by atoms with E-state index in [1.165, 1.54) is 4.90 Å². The number of likely N-dealkylation sites (tertiary alicyclic amines) is 1. The van der Waals surface area contributed by atoms with Gasteiger partial charge in [0.2, 0.25) is 5.92 Å². The minimum atomic E-state index is -2.66. The first-order valence-electron chi connectivity index (χ1n) is 8.17. The van der Waals surface area contributed by atoms with Crippen LogP contribution in [0.4, 0.5) is 13.6 Å². The maximum atomic E-state index is 13.3. The molecule has 4 nitrogen and oxygen atoms in total. The molecule has 1 fully saturated rings. The first-order valence-corrected chi connectivity index (χ1v) is 8.17. The number of nitrogens with two attached hydrogens (primary N) is 1. The number of carbonyl (C=O) groups excluding carboxylic acids is 1. The average Bonchev–Trinajstić information content (AvgIpc) is 2.73. The number of hydrogen-bond donors (Lipinski definition) is 2. The number of amides is 2. The van der Waals surface area contributed by atoms with E-state index in [0.29, 0.717) is 19.5 Å². The van der Waals surface area contributed by atoms with Crippen molar-refractivity contribution in [3.05, 3.63) is 35.4 Å². The lowest BCUT2D eigenvalue weighted by Crippen LogP contribution is -2.43. The van der Waals surface area contributed by atoms with Crippen LogP contribution in [0.25, 0.3) is 0 Å². The fourth-order valence-corrected chi connectivity index (χ4v) is 2.90. The van der Waals surface area contributed by atoms with E-state index in [0.717, 1.165) is 17.5 Å². The molecule has 0 bridgehead atoms. The number of halogens is 2. The van der Waals surface area contributed by atoms with Gasteiger partial charge >= 0.3 is 6.03 Å². The lowest BCUT2D eigenvalue weighted by atomic mass is 9.99. The first kappa shape index (κ1) is 17.7. The Labute approximate surface area is 136 Å². The van der Waals surface area contributed by atoms with Gasteiger partial charge in [-0.15, -0.1) is 0 Å². The fourth-order valence-electron chi connectivity index (χ4n) is 2.90. The van der Waals surface area contributed by atoms with Gasteiger partial charge in [0, 0.05) is 38.5 Å². The molecule has 3 N–H and O–H groups in total. The number of urea groups is 1. The standard InChI is InChI=1S/C17H25F2N3O/c1-2-13-6-3-4-7-14(13)15(20)12-21-16(23)22-10-5-8-17(18,19)9-11-22/h3-4,6-7,15H,2,5,8-12,20H2,1H3,(H,21,23). The maximum Gasteiger partial charge on any atom is 0.317 e. The largest absolute Gasteiger partial charge is 0.336 e. The third-order valence-corrected chi connectivity index (χ3v) is 4.31. The van der Waals surface area contributed by atoms with E-state index in [1.807, 2.05) is 24.3 Å². The molecule has 1 aromatic carbocycles. The Morgan fingerprint density at radius 2 is 2.09 bits per heavy atom. The van der Waals surface area contributed by atoms with Crippen LogP contribution in [0.2, 0.25) is 0 Å². The number of aryl methyl sites for hydroxylation is 1. The topological polar surface area (TPSA) is 58.4 Å². The Hall–Kier alpha value is -1.69. The van der Waals surface area contributed by atoms with Crippen LogP contribution in [0.15, 0.2) is 24.3 Å². The van der Waals surface area contributed by atoms with Crippen molar-refractivity contribution in [2.45, 2.75) is 44.6 Å². The highest BCUT2D eigenvalue weighted by Crippen LogP contribution is 2.27. The molecule has 0 aromatic heterocycles. The summed E-state index contributed by atoms with van der Waals surface area (Å²) in [6, 6.07) is 7.25. The monoisotopic (exact) mass is 325 g/mol. The summed E-state index contributed by atoms with van der Waals surface area (Å²) < 4.78 is 26.7. The van der Waals surface area contributed by atoms with Crippen molar-refractivity contribution in [1.29, 1.82) is 0 Å². The van der Waals surface area contributed by atoms with E-state index in [1.54, 1.807) is 0 Å². The lowest BCUT2D eigenvalue weighted by Gasteiger charge is -2.23. The van der Waals surface area contributed by atoms with Crippen LogP contribution < -0.4 is 11.1 Å². The smallest absolute Gasteiger partial charge is 0.317 e.